The van der Waals surface area contributed by atoms with Crippen LogP contribution in [0, 0.1) is 5.92 Å². The maximum atomic E-state index is 12.5. The summed E-state index contributed by atoms with van der Waals surface area (Å²) in [7, 11) is 0. The number of amides is 1. The molecule has 3 nitrogen and oxygen atoms in total. The van der Waals surface area contributed by atoms with Crippen LogP contribution in [0.2, 0.25) is 0 Å². The van der Waals surface area contributed by atoms with Crippen LogP contribution in [-0.4, -0.2) is 19.0 Å². The highest BCUT2D eigenvalue weighted by Crippen LogP contribution is 2.30. The molecule has 2 N–H and O–H groups in total. The van der Waals surface area contributed by atoms with Gasteiger partial charge in [-0.05, 0) is 24.7 Å². The van der Waals surface area contributed by atoms with Gasteiger partial charge in [-0.2, -0.15) is 13.2 Å². The molecule has 0 aliphatic rings. The van der Waals surface area contributed by atoms with E-state index in [4.69, 9.17) is 0 Å². The number of carbonyl (C=O) groups is 1. The molecule has 6 heteroatoms. The predicted octanol–water partition coefficient (Wildman–Crippen LogP) is 2.89. The lowest BCUT2D eigenvalue weighted by Gasteiger charge is -2.13. The van der Waals surface area contributed by atoms with Crippen LogP contribution in [0.3, 0.4) is 0 Å². The van der Waals surface area contributed by atoms with Crippen LogP contribution in [0.25, 0.3) is 0 Å². The van der Waals surface area contributed by atoms with Crippen LogP contribution in [0.5, 0.6) is 0 Å². The number of benzene rings is 1. The van der Waals surface area contributed by atoms with Gasteiger partial charge < -0.3 is 10.6 Å². The third kappa shape index (κ3) is 4.90. The highest BCUT2D eigenvalue weighted by molar-refractivity contribution is 5.92. The molecule has 1 aromatic rings. The summed E-state index contributed by atoms with van der Waals surface area (Å²) in [6, 6.07) is 4.61. The molecular formula is C13H17F3N2O. The van der Waals surface area contributed by atoms with Gasteiger partial charge in [0.25, 0.3) is 0 Å². The number of rotatable bonds is 5. The molecule has 0 saturated carbocycles. The number of hydrogen-bond acceptors (Lipinski definition) is 2. The second-order valence-electron chi connectivity index (χ2n) is 4.28. The van der Waals surface area contributed by atoms with Gasteiger partial charge in [0, 0.05) is 18.2 Å². The quantitative estimate of drug-likeness (QED) is 0.866. The highest BCUT2D eigenvalue weighted by Gasteiger charge is 2.30. The van der Waals surface area contributed by atoms with E-state index in [1.807, 2.05) is 6.92 Å². The molecule has 0 aromatic heterocycles. The third-order valence-corrected chi connectivity index (χ3v) is 2.61. The minimum absolute atomic E-state index is 0.156. The average molecular weight is 274 g/mol. The first kappa shape index (κ1) is 15.5. The van der Waals surface area contributed by atoms with E-state index >= 15 is 0 Å². The molecule has 0 aliphatic heterocycles. The highest BCUT2D eigenvalue weighted by atomic mass is 19.4. The van der Waals surface area contributed by atoms with Crippen molar-refractivity contribution in [3.8, 4) is 0 Å². The van der Waals surface area contributed by atoms with Gasteiger partial charge in [-0.15, -0.1) is 0 Å². The second kappa shape index (κ2) is 6.56. The van der Waals surface area contributed by atoms with Gasteiger partial charge in [0.05, 0.1) is 5.56 Å². The van der Waals surface area contributed by atoms with E-state index < -0.39 is 11.7 Å². The molecule has 1 aromatic carbocycles. The summed E-state index contributed by atoms with van der Waals surface area (Å²) in [5.74, 6) is -0.616. The number of halogens is 3. The van der Waals surface area contributed by atoms with E-state index in [0.717, 1.165) is 18.7 Å². The zero-order valence-corrected chi connectivity index (χ0v) is 10.8. The van der Waals surface area contributed by atoms with Crippen molar-refractivity contribution in [3.63, 3.8) is 0 Å². The minimum Gasteiger partial charge on any atom is -0.326 e. The molecule has 0 heterocycles. The molecule has 106 valence electrons. The van der Waals surface area contributed by atoms with Crippen molar-refractivity contribution in [2.75, 3.05) is 18.4 Å². The van der Waals surface area contributed by atoms with Crippen molar-refractivity contribution >= 4 is 11.6 Å². The topological polar surface area (TPSA) is 41.1 Å². The Bertz CT molecular complexity index is 432. The Morgan fingerprint density at radius 1 is 1.37 bits per heavy atom. The molecule has 0 saturated heterocycles. The fourth-order valence-corrected chi connectivity index (χ4v) is 1.49. The van der Waals surface area contributed by atoms with Gasteiger partial charge in [-0.1, -0.05) is 19.9 Å². The van der Waals surface area contributed by atoms with Gasteiger partial charge in [-0.25, -0.2) is 0 Å². The Hall–Kier alpha value is -1.56. The lowest BCUT2D eigenvalue weighted by Crippen LogP contribution is -2.30. The first-order chi connectivity index (χ1) is 8.84. The maximum Gasteiger partial charge on any atom is 0.416 e. The van der Waals surface area contributed by atoms with E-state index in [-0.39, 0.29) is 17.5 Å². The monoisotopic (exact) mass is 274 g/mol. The molecule has 0 aliphatic carbocycles. The van der Waals surface area contributed by atoms with Crippen molar-refractivity contribution in [1.29, 1.82) is 0 Å². The molecule has 1 unspecified atom stereocenters. The first-order valence-corrected chi connectivity index (χ1v) is 6.03. The smallest absolute Gasteiger partial charge is 0.326 e. The Balaban J connectivity index is 2.69. The second-order valence-corrected chi connectivity index (χ2v) is 4.28. The molecule has 0 fully saturated rings. The molecule has 0 radical (unpaired) electrons. The van der Waals surface area contributed by atoms with Crippen LogP contribution in [-0.2, 0) is 11.0 Å². The van der Waals surface area contributed by atoms with Crippen molar-refractivity contribution in [2.24, 2.45) is 5.92 Å². The standard InChI is InChI=1S/C13H17F3N2O/c1-3-17-8-9(2)12(19)18-11-6-4-5-10(7-11)13(14,15)16/h4-7,9,17H,3,8H2,1-2H3,(H,18,19). The Labute approximate surface area is 110 Å². The van der Waals surface area contributed by atoms with E-state index in [0.29, 0.717) is 6.54 Å². The Kier molecular flexibility index (Phi) is 5.35. The lowest BCUT2D eigenvalue weighted by atomic mass is 10.1. The molecule has 19 heavy (non-hydrogen) atoms. The number of nitrogens with one attached hydrogen (secondary N) is 2. The van der Waals surface area contributed by atoms with Gasteiger partial charge >= 0.3 is 6.18 Å². The third-order valence-electron chi connectivity index (χ3n) is 2.61. The van der Waals surface area contributed by atoms with Gasteiger partial charge in [-0.3, -0.25) is 4.79 Å². The van der Waals surface area contributed by atoms with Gasteiger partial charge in [0.2, 0.25) is 5.91 Å². The van der Waals surface area contributed by atoms with Crippen molar-refractivity contribution < 1.29 is 18.0 Å². The van der Waals surface area contributed by atoms with Crippen molar-refractivity contribution in [1.82, 2.24) is 5.32 Å². The zero-order chi connectivity index (χ0) is 14.5. The summed E-state index contributed by atoms with van der Waals surface area (Å²) in [6.07, 6.45) is -4.41. The van der Waals surface area contributed by atoms with Crippen molar-refractivity contribution in [3.05, 3.63) is 29.8 Å². The van der Waals surface area contributed by atoms with Gasteiger partial charge in [0.15, 0.2) is 0 Å². The Morgan fingerprint density at radius 3 is 2.63 bits per heavy atom. The fraction of sp³-hybridized carbons (Fsp3) is 0.462. The van der Waals surface area contributed by atoms with Crippen molar-refractivity contribution in [2.45, 2.75) is 20.0 Å². The van der Waals surface area contributed by atoms with Crippen LogP contribution in [0.1, 0.15) is 19.4 Å². The molecule has 1 atom stereocenters. The van der Waals surface area contributed by atoms with Gasteiger partial charge in [0.1, 0.15) is 0 Å². The maximum absolute atomic E-state index is 12.5. The van der Waals surface area contributed by atoms with Crippen LogP contribution in [0.4, 0.5) is 18.9 Å². The Morgan fingerprint density at radius 2 is 2.05 bits per heavy atom. The predicted molar refractivity (Wildman–Crippen MR) is 67.8 cm³/mol. The summed E-state index contributed by atoms with van der Waals surface area (Å²) in [5, 5.41) is 5.49. The normalized spacial score (nSPS) is 13.1. The molecule has 0 spiro atoms. The zero-order valence-electron chi connectivity index (χ0n) is 10.8. The minimum atomic E-state index is -4.41. The molecule has 1 rings (SSSR count). The van der Waals surface area contributed by atoms with E-state index in [1.54, 1.807) is 6.92 Å². The number of anilines is 1. The average Bonchev–Trinajstić information content (AvgIpc) is 2.35. The molecular weight excluding hydrogens is 257 g/mol. The van der Waals surface area contributed by atoms with Crippen LogP contribution < -0.4 is 10.6 Å². The summed E-state index contributed by atoms with van der Waals surface area (Å²) >= 11 is 0. The van der Waals surface area contributed by atoms with E-state index in [2.05, 4.69) is 10.6 Å². The summed E-state index contributed by atoms with van der Waals surface area (Å²) in [5.41, 5.74) is -0.618. The van der Waals surface area contributed by atoms with E-state index in [1.165, 1.54) is 12.1 Å². The largest absolute Gasteiger partial charge is 0.416 e. The molecule has 0 bridgehead atoms. The summed E-state index contributed by atoms with van der Waals surface area (Å²) in [4.78, 5) is 11.7. The fourth-order valence-electron chi connectivity index (χ4n) is 1.49. The molecule has 1 amide bonds. The van der Waals surface area contributed by atoms with Crippen LogP contribution in [0.15, 0.2) is 24.3 Å². The first-order valence-electron chi connectivity index (χ1n) is 6.03. The number of hydrogen-bond donors (Lipinski definition) is 2. The summed E-state index contributed by atoms with van der Waals surface area (Å²) in [6.45, 7) is 4.85. The summed E-state index contributed by atoms with van der Waals surface area (Å²) < 4.78 is 37.5. The van der Waals surface area contributed by atoms with E-state index in [9.17, 15) is 18.0 Å². The number of carbonyl (C=O) groups excluding carboxylic acids is 1. The SMILES string of the molecule is CCNCC(C)C(=O)Nc1cccc(C(F)(F)F)c1. The number of alkyl halides is 3. The van der Waals surface area contributed by atoms with Crippen LogP contribution >= 0.6 is 0 Å². The lowest BCUT2D eigenvalue weighted by molar-refractivity contribution is -0.137.